The van der Waals surface area contributed by atoms with Gasteiger partial charge in [-0.2, -0.15) is 0 Å². The van der Waals surface area contributed by atoms with E-state index in [1.165, 1.54) is 18.2 Å². The molecule has 0 unspecified atom stereocenters. The first kappa shape index (κ1) is 7.84. The fourth-order valence-corrected chi connectivity index (χ4v) is 0.814. The van der Waals surface area contributed by atoms with Crippen LogP contribution in [0.15, 0.2) is 18.2 Å². The Balaban J connectivity index is 3.09. The van der Waals surface area contributed by atoms with Crippen molar-refractivity contribution in [2.75, 3.05) is 0 Å². The molecule has 0 saturated heterocycles. The maximum absolute atomic E-state index is 9.14. The molecule has 0 aliphatic carbocycles. The van der Waals surface area contributed by atoms with Gasteiger partial charge in [-0.25, -0.2) is 0 Å². The van der Waals surface area contributed by atoms with Crippen LogP contribution in [0.1, 0.15) is 11.7 Å². The summed E-state index contributed by atoms with van der Waals surface area (Å²) in [4.78, 5) is 0. The van der Waals surface area contributed by atoms with Crippen LogP contribution in [0.4, 0.5) is 0 Å². The van der Waals surface area contributed by atoms with Crippen molar-refractivity contribution in [1.29, 1.82) is 0 Å². The highest BCUT2D eigenvalue weighted by Crippen LogP contribution is 2.24. The van der Waals surface area contributed by atoms with Gasteiger partial charge < -0.3 is 21.7 Å². The van der Waals surface area contributed by atoms with E-state index in [1.54, 1.807) is 0 Å². The first-order chi connectivity index (χ1) is 5.11. The Morgan fingerprint density at radius 3 is 2.27 bits per heavy atom. The summed E-state index contributed by atoms with van der Waals surface area (Å²) in [6.45, 7) is 0. The molecular formula is C7H10N2O2. The lowest BCUT2D eigenvalue weighted by molar-refractivity contribution is 0.442. The smallest absolute Gasteiger partial charge is 0.125 e. The van der Waals surface area contributed by atoms with E-state index in [1.807, 2.05) is 0 Å². The van der Waals surface area contributed by atoms with Crippen molar-refractivity contribution in [2.24, 2.45) is 11.5 Å². The molecule has 4 nitrogen and oxygen atoms in total. The molecule has 0 atom stereocenters. The van der Waals surface area contributed by atoms with Crippen LogP contribution >= 0.6 is 0 Å². The molecule has 0 amide bonds. The van der Waals surface area contributed by atoms with E-state index in [9.17, 15) is 0 Å². The molecule has 4 heteroatoms. The van der Waals surface area contributed by atoms with Crippen LogP contribution in [0.5, 0.6) is 11.5 Å². The molecule has 0 fully saturated rings. The van der Waals surface area contributed by atoms with Crippen molar-refractivity contribution in [2.45, 2.75) is 6.17 Å². The zero-order valence-electron chi connectivity index (χ0n) is 5.86. The third kappa shape index (κ3) is 1.60. The minimum absolute atomic E-state index is 0.00750. The highest BCUT2D eigenvalue weighted by atomic mass is 16.3. The molecule has 0 aliphatic rings. The van der Waals surface area contributed by atoms with Crippen LogP contribution in [-0.4, -0.2) is 10.2 Å². The maximum Gasteiger partial charge on any atom is 0.125 e. The zero-order chi connectivity index (χ0) is 8.43. The molecule has 0 heterocycles. The van der Waals surface area contributed by atoms with Gasteiger partial charge in [0.2, 0.25) is 0 Å². The van der Waals surface area contributed by atoms with E-state index in [4.69, 9.17) is 21.7 Å². The van der Waals surface area contributed by atoms with Crippen molar-refractivity contribution in [3.05, 3.63) is 23.8 Å². The predicted octanol–water partition coefficient (Wildman–Crippen LogP) is 0.0138. The molecule has 0 saturated carbocycles. The molecular weight excluding hydrogens is 144 g/mol. The molecule has 1 aromatic carbocycles. The molecule has 60 valence electrons. The van der Waals surface area contributed by atoms with E-state index in [0.717, 1.165) is 0 Å². The van der Waals surface area contributed by atoms with Gasteiger partial charge >= 0.3 is 0 Å². The van der Waals surface area contributed by atoms with Crippen LogP contribution in [0.25, 0.3) is 0 Å². The van der Waals surface area contributed by atoms with E-state index < -0.39 is 6.17 Å². The number of benzene rings is 1. The fourth-order valence-electron chi connectivity index (χ4n) is 0.814. The summed E-state index contributed by atoms with van der Waals surface area (Å²) in [6, 6.07) is 4.10. The monoisotopic (exact) mass is 154 g/mol. The van der Waals surface area contributed by atoms with Gasteiger partial charge in [0.05, 0.1) is 6.17 Å². The number of rotatable bonds is 1. The van der Waals surface area contributed by atoms with Crippen LogP contribution in [0, 0.1) is 0 Å². The Morgan fingerprint density at radius 2 is 1.82 bits per heavy atom. The average molecular weight is 154 g/mol. The van der Waals surface area contributed by atoms with Gasteiger partial charge in [0.1, 0.15) is 11.5 Å². The lowest BCUT2D eigenvalue weighted by Gasteiger charge is -2.07. The SMILES string of the molecule is NC(N)c1ccc(O)cc1O. The van der Waals surface area contributed by atoms with Crippen molar-refractivity contribution >= 4 is 0 Å². The second-order valence-electron chi connectivity index (χ2n) is 2.27. The van der Waals surface area contributed by atoms with Crippen molar-refractivity contribution < 1.29 is 10.2 Å². The molecule has 11 heavy (non-hydrogen) atoms. The minimum atomic E-state index is -0.712. The first-order valence-corrected chi connectivity index (χ1v) is 3.14. The quantitative estimate of drug-likeness (QED) is 0.429. The van der Waals surface area contributed by atoms with Gasteiger partial charge in [0.25, 0.3) is 0 Å². The molecule has 0 bridgehead atoms. The predicted molar refractivity (Wildman–Crippen MR) is 40.9 cm³/mol. The molecule has 1 aromatic rings. The second kappa shape index (κ2) is 2.77. The Bertz CT molecular complexity index is 261. The maximum atomic E-state index is 9.14. The lowest BCUT2D eigenvalue weighted by Crippen LogP contribution is -2.19. The first-order valence-electron chi connectivity index (χ1n) is 3.14. The van der Waals surface area contributed by atoms with Gasteiger partial charge in [-0.3, -0.25) is 0 Å². The van der Waals surface area contributed by atoms with E-state index in [-0.39, 0.29) is 11.5 Å². The topological polar surface area (TPSA) is 92.5 Å². The molecule has 0 aromatic heterocycles. The Labute approximate surface area is 64.1 Å². The third-order valence-corrected chi connectivity index (χ3v) is 1.37. The number of hydrogen-bond donors (Lipinski definition) is 4. The van der Waals surface area contributed by atoms with Gasteiger partial charge in [0, 0.05) is 11.6 Å². The van der Waals surface area contributed by atoms with Crippen molar-refractivity contribution in [1.82, 2.24) is 0 Å². The Kier molecular flexibility index (Phi) is 1.98. The minimum Gasteiger partial charge on any atom is -0.508 e. The van der Waals surface area contributed by atoms with Crippen molar-refractivity contribution in [3.63, 3.8) is 0 Å². The summed E-state index contributed by atoms with van der Waals surface area (Å²) in [7, 11) is 0. The summed E-state index contributed by atoms with van der Waals surface area (Å²) < 4.78 is 0. The second-order valence-corrected chi connectivity index (χ2v) is 2.27. The highest BCUT2D eigenvalue weighted by Gasteiger charge is 2.05. The van der Waals surface area contributed by atoms with Crippen molar-refractivity contribution in [3.8, 4) is 11.5 Å². The standard InChI is InChI=1S/C7H10N2O2/c8-7(9)5-2-1-4(10)3-6(5)11/h1-3,7,10-11H,8-9H2. The van der Waals surface area contributed by atoms with E-state index in [2.05, 4.69) is 0 Å². The largest absolute Gasteiger partial charge is 0.508 e. The summed E-state index contributed by atoms with van der Waals surface area (Å²) in [5.41, 5.74) is 11.0. The van der Waals surface area contributed by atoms with Gasteiger partial charge in [0.15, 0.2) is 0 Å². The van der Waals surface area contributed by atoms with E-state index >= 15 is 0 Å². The summed E-state index contributed by atoms with van der Waals surface area (Å²) in [6.07, 6.45) is -0.712. The number of hydrogen-bond acceptors (Lipinski definition) is 4. The number of phenolic OH excluding ortho intramolecular Hbond substituents is 2. The van der Waals surface area contributed by atoms with Crippen LogP contribution < -0.4 is 11.5 Å². The van der Waals surface area contributed by atoms with Crippen LogP contribution in [-0.2, 0) is 0 Å². The lowest BCUT2D eigenvalue weighted by atomic mass is 10.1. The Morgan fingerprint density at radius 1 is 1.18 bits per heavy atom. The van der Waals surface area contributed by atoms with Gasteiger partial charge in [-0.15, -0.1) is 0 Å². The van der Waals surface area contributed by atoms with Gasteiger partial charge in [-0.1, -0.05) is 0 Å². The number of phenols is 2. The summed E-state index contributed by atoms with van der Waals surface area (Å²) in [5.74, 6) is -0.0908. The summed E-state index contributed by atoms with van der Waals surface area (Å²) >= 11 is 0. The fraction of sp³-hybridized carbons (Fsp3) is 0.143. The normalized spacial score (nSPS) is 10.5. The third-order valence-electron chi connectivity index (χ3n) is 1.37. The summed E-state index contributed by atoms with van der Waals surface area (Å²) in [5, 5.41) is 18.0. The van der Waals surface area contributed by atoms with Gasteiger partial charge in [-0.05, 0) is 12.1 Å². The number of aromatic hydroxyl groups is 2. The van der Waals surface area contributed by atoms with Crippen LogP contribution in [0.2, 0.25) is 0 Å². The molecule has 0 aliphatic heterocycles. The molecule has 6 N–H and O–H groups in total. The number of nitrogens with two attached hydrogens (primary N) is 2. The Hall–Kier alpha value is -1.26. The zero-order valence-corrected chi connectivity index (χ0v) is 5.86. The highest BCUT2D eigenvalue weighted by molar-refractivity contribution is 5.40. The average Bonchev–Trinajstić information content (AvgIpc) is 1.85. The molecule has 0 radical (unpaired) electrons. The van der Waals surface area contributed by atoms with Crippen LogP contribution in [0.3, 0.4) is 0 Å². The molecule has 1 rings (SSSR count). The van der Waals surface area contributed by atoms with E-state index in [0.29, 0.717) is 5.56 Å². The molecule has 0 spiro atoms.